The second kappa shape index (κ2) is 7.68. The van der Waals surface area contributed by atoms with E-state index in [2.05, 4.69) is 15.3 Å². The summed E-state index contributed by atoms with van der Waals surface area (Å²) in [7, 11) is -2.40. The first-order chi connectivity index (χ1) is 11.7. The van der Waals surface area contributed by atoms with Crippen molar-refractivity contribution in [1.29, 1.82) is 0 Å². The van der Waals surface area contributed by atoms with Crippen LogP contribution in [-0.4, -0.2) is 36.7 Å². The highest BCUT2D eigenvalue weighted by molar-refractivity contribution is 8.00. The highest BCUT2D eigenvalue weighted by Gasteiger charge is 2.17. The molecule has 0 spiro atoms. The van der Waals surface area contributed by atoms with Gasteiger partial charge in [0, 0.05) is 5.69 Å². The lowest BCUT2D eigenvalue weighted by atomic mass is 10.3. The van der Waals surface area contributed by atoms with Crippen molar-refractivity contribution in [2.45, 2.75) is 22.2 Å². The van der Waals surface area contributed by atoms with E-state index < -0.39 is 15.3 Å². The number of nitrogens with two attached hydrogens (primary N) is 1. The van der Waals surface area contributed by atoms with Gasteiger partial charge in [-0.15, -0.1) is 0 Å². The van der Waals surface area contributed by atoms with Crippen LogP contribution in [0.1, 0.15) is 6.92 Å². The number of methoxy groups -OCH3 is 1. The first kappa shape index (κ1) is 19.0. The quantitative estimate of drug-likeness (QED) is 0.487. The third kappa shape index (κ3) is 5.31. The maximum atomic E-state index is 12.2. The standard InChI is InChI=1S/C14H16N4O5S2/c1-8(24-14-17-11(19)7-12(18-14)23-2)13(20)16-9-3-5-10(6-4-9)25(15,21)22/h3-8H,1-2H3,(H,16,20)(H2,15,21,22)(H,17,18,19)/t8-/m1/s1. The second-order valence-electron chi connectivity index (χ2n) is 4.91. The molecule has 134 valence electrons. The summed E-state index contributed by atoms with van der Waals surface area (Å²) in [5.41, 5.74) is 0.0254. The number of amides is 1. The van der Waals surface area contributed by atoms with Gasteiger partial charge in [-0.3, -0.25) is 9.59 Å². The fourth-order valence-electron chi connectivity index (χ4n) is 1.77. The molecule has 9 nitrogen and oxygen atoms in total. The number of thioether (sulfide) groups is 1. The molecular formula is C14H16N4O5S2. The van der Waals surface area contributed by atoms with Gasteiger partial charge in [-0.2, -0.15) is 4.98 Å². The largest absolute Gasteiger partial charge is 0.481 e. The van der Waals surface area contributed by atoms with Gasteiger partial charge in [0.05, 0.1) is 23.3 Å². The number of nitrogens with zero attached hydrogens (tertiary/aromatic N) is 1. The van der Waals surface area contributed by atoms with Crippen LogP contribution in [0.3, 0.4) is 0 Å². The van der Waals surface area contributed by atoms with Crippen LogP contribution in [-0.2, 0) is 14.8 Å². The van der Waals surface area contributed by atoms with Crippen molar-refractivity contribution in [2.75, 3.05) is 12.4 Å². The summed E-state index contributed by atoms with van der Waals surface area (Å²) >= 11 is 1.05. The number of anilines is 1. The molecule has 2 rings (SSSR count). The van der Waals surface area contributed by atoms with E-state index in [1.54, 1.807) is 6.92 Å². The van der Waals surface area contributed by atoms with E-state index >= 15 is 0 Å². The molecule has 1 amide bonds. The van der Waals surface area contributed by atoms with Gasteiger partial charge < -0.3 is 15.0 Å². The Labute approximate surface area is 148 Å². The van der Waals surface area contributed by atoms with Gasteiger partial charge in [-0.05, 0) is 31.2 Å². The predicted octanol–water partition coefficient (Wildman–Crippen LogP) is 0.545. The van der Waals surface area contributed by atoms with E-state index in [1.807, 2.05) is 0 Å². The molecule has 11 heteroatoms. The molecule has 0 radical (unpaired) electrons. The molecule has 1 atom stereocenters. The Morgan fingerprint density at radius 3 is 2.56 bits per heavy atom. The zero-order valence-electron chi connectivity index (χ0n) is 13.3. The van der Waals surface area contributed by atoms with Crippen LogP contribution >= 0.6 is 11.8 Å². The average Bonchev–Trinajstić information content (AvgIpc) is 2.53. The number of nitrogens with one attached hydrogen (secondary N) is 2. The van der Waals surface area contributed by atoms with E-state index in [1.165, 1.54) is 37.4 Å². The van der Waals surface area contributed by atoms with E-state index in [0.29, 0.717) is 5.69 Å². The molecule has 1 heterocycles. The number of ether oxygens (including phenoxy) is 1. The fraction of sp³-hybridized carbons (Fsp3) is 0.214. The smallest absolute Gasteiger partial charge is 0.255 e. The minimum Gasteiger partial charge on any atom is -0.481 e. The van der Waals surface area contributed by atoms with E-state index in [0.717, 1.165) is 11.8 Å². The molecule has 25 heavy (non-hydrogen) atoms. The number of H-pyrrole nitrogens is 1. The van der Waals surface area contributed by atoms with Crippen LogP contribution < -0.4 is 20.8 Å². The Hall–Kier alpha value is -2.37. The summed E-state index contributed by atoms with van der Waals surface area (Å²) in [6.07, 6.45) is 0. The van der Waals surface area contributed by atoms with Crippen LogP contribution in [0, 0.1) is 0 Å². The number of carbonyl (C=O) groups is 1. The maximum Gasteiger partial charge on any atom is 0.255 e. The first-order valence-corrected chi connectivity index (χ1v) is 9.37. The van der Waals surface area contributed by atoms with Crippen LogP contribution in [0.4, 0.5) is 5.69 Å². The summed E-state index contributed by atoms with van der Waals surface area (Å²) in [5.74, 6) is -0.198. The number of primary sulfonamides is 1. The van der Waals surface area contributed by atoms with Crippen molar-refractivity contribution >= 4 is 33.4 Å². The summed E-state index contributed by atoms with van der Waals surface area (Å²) in [6.45, 7) is 1.64. The number of hydrogen-bond acceptors (Lipinski definition) is 7. The highest BCUT2D eigenvalue weighted by atomic mass is 32.2. The summed E-state index contributed by atoms with van der Waals surface area (Å²) < 4.78 is 27.3. The van der Waals surface area contributed by atoms with Crippen molar-refractivity contribution in [3.63, 3.8) is 0 Å². The Morgan fingerprint density at radius 2 is 2.00 bits per heavy atom. The molecule has 0 aliphatic heterocycles. The van der Waals surface area contributed by atoms with Crippen LogP contribution in [0.15, 0.2) is 45.2 Å². The Bertz CT molecular complexity index is 925. The summed E-state index contributed by atoms with van der Waals surface area (Å²) in [6, 6.07) is 6.65. The van der Waals surface area contributed by atoms with Gasteiger partial charge >= 0.3 is 0 Å². The zero-order chi connectivity index (χ0) is 18.6. The molecule has 0 aliphatic carbocycles. The Morgan fingerprint density at radius 1 is 1.36 bits per heavy atom. The fourth-order valence-corrected chi connectivity index (χ4v) is 3.09. The number of benzene rings is 1. The maximum absolute atomic E-state index is 12.2. The molecule has 0 aliphatic rings. The van der Waals surface area contributed by atoms with Gasteiger partial charge in [0.2, 0.25) is 21.8 Å². The number of hydrogen-bond donors (Lipinski definition) is 3. The molecule has 0 fully saturated rings. The van der Waals surface area contributed by atoms with Gasteiger partial charge in [-0.25, -0.2) is 13.6 Å². The SMILES string of the molecule is COc1cc(=O)[nH]c(S[C@H](C)C(=O)Nc2ccc(S(N)(=O)=O)cc2)n1. The van der Waals surface area contributed by atoms with Crippen molar-refractivity contribution < 1.29 is 17.9 Å². The van der Waals surface area contributed by atoms with Gasteiger partial charge in [0.25, 0.3) is 5.56 Å². The van der Waals surface area contributed by atoms with Crippen LogP contribution in [0.5, 0.6) is 5.88 Å². The van der Waals surface area contributed by atoms with Crippen molar-refractivity contribution in [3.05, 3.63) is 40.7 Å². The van der Waals surface area contributed by atoms with Gasteiger partial charge in [0.1, 0.15) is 0 Å². The average molecular weight is 384 g/mol. The van der Waals surface area contributed by atoms with E-state index in [-0.39, 0.29) is 27.4 Å². The minimum absolute atomic E-state index is 0.0499. The zero-order valence-corrected chi connectivity index (χ0v) is 15.0. The van der Waals surface area contributed by atoms with Crippen molar-refractivity contribution in [3.8, 4) is 5.88 Å². The summed E-state index contributed by atoms with van der Waals surface area (Å²) in [5, 5.41) is 7.32. The monoisotopic (exact) mass is 384 g/mol. The van der Waals surface area contributed by atoms with Gasteiger partial charge in [0.15, 0.2) is 5.16 Å². The third-order valence-corrected chi connectivity index (χ3v) is 4.93. The molecule has 0 saturated heterocycles. The molecule has 0 saturated carbocycles. The number of sulfonamides is 1. The van der Waals surface area contributed by atoms with Crippen LogP contribution in [0.25, 0.3) is 0 Å². The normalized spacial score (nSPS) is 12.4. The van der Waals surface area contributed by atoms with E-state index in [9.17, 15) is 18.0 Å². The second-order valence-corrected chi connectivity index (χ2v) is 7.80. The molecule has 2 aromatic rings. The molecule has 1 aromatic carbocycles. The van der Waals surface area contributed by atoms with Crippen molar-refractivity contribution in [2.24, 2.45) is 5.14 Å². The van der Waals surface area contributed by atoms with Gasteiger partial charge in [-0.1, -0.05) is 11.8 Å². The molecule has 0 bridgehead atoms. The number of rotatable bonds is 6. The number of aromatic nitrogens is 2. The van der Waals surface area contributed by atoms with E-state index in [4.69, 9.17) is 9.88 Å². The Balaban J connectivity index is 2.05. The predicted molar refractivity (Wildman–Crippen MR) is 93.2 cm³/mol. The first-order valence-electron chi connectivity index (χ1n) is 6.95. The molecule has 0 unspecified atom stereocenters. The Kier molecular flexibility index (Phi) is 5.82. The molecule has 4 N–H and O–H groups in total. The number of carbonyl (C=O) groups excluding carboxylic acids is 1. The lowest BCUT2D eigenvalue weighted by molar-refractivity contribution is -0.115. The molecule has 1 aromatic heterocycles. The summed E-state index contributed by atoms with van der Waals surface area (Å²) in [4.78, 5) is 30.2. The number of aromatic amines is 1. The minimum atomic E-state index is -3.79. The van der Waals surface area contributed by atoms with Crippen molar-refractivity contribution in [1.82, 2.24) is 9.97 Å². The lowest BCUT2D eigenvalue weighted by Crippen LogP contribution is -2.23. The third-order valence-electron chi connectivity index (χ3n) is 3.01. The topological polar surface area (TPSA) is 144 Å². The molecular weight excluding hydrogens is 368 g/mol. The van der Waals surface area contributed by atoms with Crippen LogP contribution in [0.2, 0.25) is 0 Å². The highest BCUT2D eigenvalue weighted by Crippen LogP contribution is 2.21. The lowest BCUT2D eigenvalue weighted by Gasteiger charge is -2.12.